The third-order valence-corrected chi connectivity index (χ3v) is 5.69. The molecule has 0 radical (unpaired) electrons. The highest BCUT2D eigenvalue weighted by molar-refractivity contribution is 5.92. The van der Waals surface area contributed by atoms with Crippen molar-refractivity contribution in [3.63, 3.8) is 0 Å². The van der Waals surface area contributed by atoms with Crippen molar-refractivity contribution in [2.24, 2.45) is 0 Å². The van der Waals surface area contributed by atoms with Gasteiger partial charge in [-0.05, 0) is 12.5 Å². The number of amides is 2. The first-order valence-corrected chi connectivity index (χ1v) is 12.0. The molecule has 1 aromatic carbocycles. The molecule has 1 aliphatic heterocycles. The minimum atomic E-state index is -0.998. The number of unbranched alkanes of at least 4 members (excludes halogenated alkanes) is 7. The molecular weight excluding hydrogens is 442 g/mol. The van der Waals surface area contributed by atoms with Gasteiger partial charge in [0.2, 0.25) is 5.91 Å². The lowest BCUT2D eigenvalue weighted by atomic mass is 10.1. The Morgan fingerprint density at radius 3 is 2.50 bits per heavy atom. The molecule has 188 valence electrons. The van der Waals surface area contributed by atoms with Crippen molar-refractivity contribution in [2.75, 3.05) is 26.3 Å². The van der Waals surface area contributed by atoms with Gasteiger partial charge in [-0.1, -0.05) is 64.0 Å². The molecule has 0 saturated carbocycles. The molecule has 34 heavy (non-hydrogen) atoms. The van der Waals surface area contributed by atoms with E-state index in [1.807, 2.05) is 0 Å². The number of nitrogens with one attached hydrogen (secondary N) is 1. The van der Waals surface area contributed by atoms with Gasteiger partial charge < -0.3 is 19.7 Å². The molecule has 1 aromatic rings. The van der Waals surface area contributed by atoms with E-state index >= 15 is 0 Å². The maximum atomic E-state index is 12.7. The summed E-state index contributed by atoms with van der Waals surface area (Å²) in [5.74, 6) is -1.55. The number of ether oxygens (including phenoxy) is 2. The summed E-state index contributed by atoms with van der Waals surface area (Å²) >= 11 is 0. The molecule has 10 nitrogen and oxygen atoms in total. The van der Waals surface area contributed by atoms with Crippen molar-refractivity contribution in [1.82, 2.24) is 10.2 Å². The van der Waals surface area contributed by atoms with E-state index in [1.54, 1.807) is 6.07 Å². The summed E-state index contributed by atoms with van der Waals surface area (Å²) in [4.78, 5) is 49.1. The van der Waals surface area contributed by atoms with Gasteiger partial charge in [0.25, 0.3) is 5.91 Å². The number of benzene rings is 1. The Morgan fingerprint density at radius 1 is 1.12 bits per heavy atom. The zero-order chi connectivity index (χ0) is 24.8. The summed E-state index contributed by atoms with van der Waals surface area (Å²) in [5.41, 5.74) is -0.257. The van der Waals surface area contributed by atoms with Crippen LogP contribution in [0.1, 0.15) is 64.7 Å². The monoisotopic (exact) mass is 477 g/mol. The van der Waals surface area contributed by atoms with E-state index in [2.05, 4.69) is 12.2 Å². The van der Waals surface area contributed by atoms with E-state index in [1.165, 1.54) is 55.2 Å². The van der Waals surface area contributed by atoms with E-state index < -0.39 is 35.4 Å². The minimum absolute atomic E-state index is 0.0383. The predicted molar refractivity (Wildman–Crippen MR) is 125 cm³/mol. The lowest BCUT2D eigenvalue weighted by Gasteiger charge is -2.34. The van der Waals surface area contributed by atoms with Crippen molar-refractivity contribution < 1.29 is 28.8 Å². The summed E-state index contributed by atoms with van der Waals surface area (Å²) in [6, 6.07) is 4.73. The second-order valence-corrected chi connectivity index (χ2v) is 8.31. The number of rotatable bonds is 15. The Balaban J connectivity index is 1.78. The fourth-order valence-electron chi connectivity index (χ4n) is 3.81. The van der Waals surface area contributed by atoms with Gasteiger partial charge in [-0.3, -0.25) is 24.5 Å². The van der Waals surface area contributed by atoms with Crippen LogP contribution in [0.25, 0.3) is 0 Å². The van der Waals surface area contributed by atoms with Gasteiger partial charge in [0.15, 0.2) is 12.4 Å². The van der Waals surface area contributed by atoms with E-state index in [0.29, 0.717) is 0 Å². The van der Waals surface area contributed by atoms with Crippen molar-refractivity contribution in [3.8, 4) is 5.75 Å². The number of carbonyl (C=O) groups excluding carboxylic acids is 3. The van der Waals surface area contributed by atoms with Crippen LogP contribution < -0.4 is 10.1 Å². The summed E-state index contributed by atoms with van der Waals surface area (Å²) in [7, 11) is 0. The number of hydrogen-bond acceptors (Lipinski definition) is 7. The van der Waals surface area contributed by atoms with Crippen LogP contribution in [-0.2, 0) is 19.1 Å². The molecular formula is C24H35N3O7. The number of piperazine rings is 1. The maximum Gasteiger partial charge on any atom is 0.310 e. The highest BCUT2D eigenvalue weighted by atomic mass is 16.6. The third-order valence-electron chi connectivity index (χ3n) is 5.69. The van der Waals surface area contributed by atoms with Crippen LogP contribution in [-0.4, -0.2) is 60.0 Å². The van der Waals surface area contributed by atoms with E-state index in [9.17, 15) is 24.5 Å². The van der Waals surface area contributed by atoms with Gasteiger partial charge in [0.1, 0.15) is 6.04 Å². The number of hydrogen-bond donors (Lipinski definition) is 1. The first-order valence-electron chi connectivity index (χ1n) is 12.0. The molecule has 2 rings (SSSR count). The van der Waals surface area contributed by atoms with Crippen molar-refractivity contribution >= 4 is 23.5 Å². The number of nitro groups is 1. The van der Waals surface area contributed by atoms with Crippen LogP contribution in [0.5, 0.6) is 5.75 Å². The van der Waals surface area contributed by atoms with Crippen molar-refractivity contribution in [3.05, 3.63) is 34.4 Å². The van der Waals surface area contributed by atoms with E-state index in [-0.39, 0.29) is 37.6 Å². The first kappa shape index (κ1) is 27.1. The molecule has 0 bridgehead atoms. The summed E-state index contributed by atoms with van der Waals surface area (Å²) < 4.78 is 10.6. The smallest absolute Gasteiger partial charge is 0.310 e. The highest BCUT2D eigenvalue weighted by Gasteiger charge is 2.35. The molecule has 1 aliphatic rings. The number of carbonyl (C=O) groups is 3. The first-order chi connectivity index (χ1) is 16.4. The minimum Gasteiger partial charge on any atom is -0.477 e. The molecule has 0 spiro atoms. The van der Waals surface area contributed by atoms with E-state index in [4.69, 9.17) is 9.47 Å². The number of para-hydroxylation sites is 2. The average molecular weight is 478 g/mol. The lowest BCUT2D eigenvalue weighted by Crippen LogP contribution is -2.58. The average Bonchev–Trinajstić information content (AvgIpc) is 2.82. The topological polar surface area (TPSA) is 128 Å². The molecule has 2 amide bonds. The predicted octanol–water partition coefficient (Wildman–Crippen LogP) is 3.37. The second kappa shape index (κ2) is 14.9. The number of esters is 1. The largest absolute Gasteiger partial charge is 0.477 e. The summed E-state index contributed by atoms with van der Waals surface area (Å²) in [6.07, 6.45) is 8.77. The summed E-state index contributed by atoms with van der Waals surface area (Å²) in [6.45, 7) is 2.45. The fourth-order valence-corrected chi connectivity index (χ4v) is 3.81. The lowest BCUT2D eigenvalue weighted by molar-refractivity contribution is -0.385. The molecule has 10 heteroatoms. The molecule has 1 saturated heterocycles. The van der Waals surface area contributed by atoms with Gasteiger partial charge >= 0.3 is 11.7 Å². The van der Waals surface area contributed by atoms with Crippen molar-refractivity contribution in [1.29, 1.82) is 0 Å². The van der Waals surface area contributed by atoms with Gasteiger partial charge in [-0.2, -0.15) is 0 Å². The highest BCUT2D eigenvalue weighted by Crippen LogP contribution is 2.26. The SMILES string of the molecule is CCCCCCCCCCOC(=O)CC1C(=O)NCCN1C(=O)COc1ccccc1[N+](=O)[O-]. The van der Waals surface area contributed by atoms with Crippen LogP contribution in [0.3, 0.4) is 0 Å². The Hall–Kier alpha value is -3.17. The van der Waals surface area contributed by atoms with Crippen LogP contribution >= 0.6 is 0 Å². The summed E-state index contributed by atoms with van der Waals surface area (Å²) in [5, 5.41) is 13.8. The second-order valence-electron chi connectivity index (χ2n) is 8.31. The Kier molecular flexibility index (Phi) is 11.8. The Labute approximate surface area is 200 Å². The molecule has 1 N–H and O–H groups in total. The molecule has 1 fully saturated rings. The quantitative estimate of drug-likeness (QED) is 0.177. The Morgan fingerprint density at radius 2 is 1.79 bits per heavy atom. The van der Waals surface area contributed by atoms with Crippen LogP contribution in [0.15, 0.2) is 24.3 Å². The number of nitro benzene ring substituents is 1. The Bertz CT molecular complexity index is 831. The van der Waals surface area contributed by atoms with Gasteiger partial charge in [0.05, 0.1) is 18.0 Å². The normalized spacial score (nSPS) is 15.5. The third kappa shape index (κ3) is 8.99. The maximum absolute atomic E-state index is 12.7. The molecule has 1 unspecified atom stereocenters. The fraction of sp³-hybridized carbons (Fsp3) is 0.625. The van der Waals surface area contributed by atoms with Crippen LogP contribution in [0, 0.1) is 10.1 Å². The molecule has 1 heterocycles. The van der Waals surface area contributed by atoms with Gasteiger partial charge in [-0.25, -0.2) is 0 Å². The van der Waals surface area contributed by atoms with Crippen LogP contribution in [0.4, 0.5) is 5.69 Å². The standard InChI is InChI=1S/C24H35N3O7/c1-2-3-4-5-6-7-8-11-16-33-23(29)17-20-24(30)25-14-15-26(20)22(28)18-34-21-13-10-9-12-19(21)27(31)32/h9-10,12-13,20H,2-8,11,14-18H2,1H3,(H,25,30). The zero-order valence-corrected chi connectivity index (χ0v) is 19.8. The molecule has 0 aromatic heterocycles. The van der Waals surface area contributed by atoms with E-state index in [0.717, 1.165) is 19.3 Å². The van der Waals surface area contributed by atoms with Gasteiger partial charge in [-0.15, -0.1) is 0 Å². The van der Waals surface area contributed by atoms with Crippen molar-refractivity contribution in [2.45, 2.75) is 70.8 Å². The molecule has 1 atom stereocenters. The molecule has 0 aliphatic carbocycles. The van der Waals surface area contributed by atoms with Gasteiger partial charge in [0, 0.05) is 19.2 Å². The number of nitrogens with zero attached hydrogens (tertiary/aromatic N) is 2. The zero-order valence-electron chi connectivity index (χ0n) is 19.8. The van der Waals surface area contributed by atoms with Crippen LogP contribution in [0.2, 0.25) is 0 Å².